The first-order chi connectivity index (χ1) is 2.00. The van der Waals surface area contributed by atoms with Gasteiger partial charge in [0.25, 0.3) is 0 Å². The fraction of sp³-hybridized carbons (Fsp3) is 0. The van der Waals surface area contributed by atoms with E-state index in [1.807, 2.05) is 0 Å². The van der Waals surface area contributed by atoms with E-state index in [1.54, 1.807) is 0 Å². The average Bonchev–Trinajstić information content (AvgIpc) is 0.722. The molecule has 0 saturated heterocycles. The Kier molecular flexibility index (Phi) is 1.22. The maximum atomic E-state index is 7.55. The summed E-state index contributed by atoms with van der Waals surface area (Å²) in [7, 11) is -4.11. The summed E-state index contributed by atoms with van der Waals surface area (Å²) < 4.78 is 0. The second-order valence-electron chi connectivity index (χ2n) is 0.687. The van der Waals surface area contributed by atoms with Crippen molar-refractivity contribution in [3.63, 3.8) is 0 Å². The molecule has 34 valence electrons. The van der Waals surface area contributed by atoms with Gasteiger partial charge in [-0.25, -0.2) is 0 Å². The molecule has 0 aromatic rings. The maximum absolute atomic E-state index is 7.55. The molecular formula is H6NO3P. The molecule has 5 heteroatoms. The molecule has 0 radical (unpaired) electrons. The SMILES string of the molecule is N[PH](O)(O)O. The van der Waals surface area contributed by atoms with Gasteiger partial charge in [0.05, 0.1) is 0 Å². The van der Waals surface area contributed by atoms with Crippen LogP contribution < -0.4 is 5.50 Å². The summed E-state index contributed by atoms with van der Waals surface area (Å²) in [6, 6.07) is 0. The fourth-order valence-electron chi connectivity index (χ4n) is 0. The molecule has 0 rings (SSSR count). The first-order valence-corrected chi connectivity index (χ1v) is 2.88. The van der Waals surface area contributed by atoms with Crippen molar-refractivity contribution in [2.45, 2.75) is 0 Å². The predicted octanol–water partition coefficient (Wildman–Crippen LogP) is -1.67. The zero-order valence-corrected chi connectivity index (χ0v) is 3.42. The first kappa shape index (κ1) is 5.27. The van der Waals surface area contributed by atoms with Gasteiger partial charge in [-0.15, -0.1) is 0 Å². The van der Waals surface area contributed by atoms with Crippen molar-refractivity contribution in [3.8, 4) is 0 Å². The Bertz CT molecular complexity index is 22.4. The molecule has 0 spiro atoms. The molecule has 0 aliphatic carbocycles. The van der Waals surface area contributed by atoms with Crippen LogP contribution in [-0.2, 0) is 0 Å². The van der Waals surface area contributed by atoms with Crippen molar-refractivity contribution in [1.82, 2.24) is 0 Å². The van der Waals surface area contributed by atoms with E-state index in [4.69, 9.17) is 14.7 Å². The minimum atomic E-state index is -4.11. The third kappa shape index (κ3) is 302. The van der Waals surface area contributed by atoms with Gasteiger partial charge in [-0.3, -0.25) is 0 Å². The molecule has 0 aliphatic rings. The summed E-state index contributed by atoms with van der Waals surface area (Å²) in [5.41, 5.74) is 4.16. The molecule has 4 nitrogen and oxygen atoms in total. The van der Waals surface area contributed by atoms with E-state index in [2.05, 4.69) is 5.50 Å². The number of hydrogen-bond donors (Lipinski definition) is 4. The number of nitrogens with two attached hydrogens (primary N) is 1. The van der Waals surface area contributed by atoms with Gasteiger partial charge in [0, 0.05) is 0 Å². The van der Waals surface area contributed by atoms with Crippen molar-refractivity contribution in [2.75, 3.05) is 0 Å². The van der Waals surface area contributed by atoms with Crippen LogP contribution in [-0.4, -0.2) is 14.7 Å². The fourth-order valence-corrected chi connectivity index (χ4v) is 0. The third-order valence-electron chi connectivity index (χ3n) is 0. The summed E-state index contributed by atoms with van der Waals surface area (Å²) in [5, 5.41) is 0. The van der Waals surface area contributed by atoms with E-state index in [9.17, 15) is 0 Å². The molecule has 0 fully saturated rings. The van der Waals surface area contributed by atoms with Crippen molar-refractivity contribution >= 4 is 8.09 Å². The Morgan fingerprint density at radius 2 is 1.20 bits per heavy atom. The summed E-state index contributed by atoms with van der Waals surface area (Å²) in [5.74, 6) is 0. The molecule has 0 aromatic heterocycles. The quantitative estimate of drug-likeness (QED) is 0.273. The van der Waals surface area contributed by atoms with Crippen LogP contribution in [0, 0.1) is 0 Å². The molecule has 5 heavy (non-hydrogen) atoms. The first-order valence-electron chi connectivity index (χ1n) is 0.959. The molecule has 5 N–H and O–H groups in total. The van der Waals surface area contributed by atoms with Gasteiger partial charge in [0.2, 0.25) is 0 Å². The molecule has 0 aliphatic heterocycles. The molecule has 0 bridgehead atoms. The summed E-state index contributed by atoms with van der Waals surface area (Å²) in [6.07, 6.45) is 0. The van der Waals surface area contributed by atoms with E-state index >= 15 is 0 Å². The van der Waals surface area contributed by atoms with Crippen molar-refractivity contribution in [3.05, 3.63) is 0 Å². The van der Waals surface area contributed by atoms with Crippen LogP contribution in [0.25, 0.3) is 0 Å². The standard InChI is InChI=1S/H6NO3P/c1-5(2,3)4/h2-5H,1H2. The van der Waals surface area contributed by atoms with Crippen LogP contribution in [0.15, 0.2) is 0 Å². The average molecular weight is 99.0 g/mol. The normalized spacial score (nSPS) is 15.2. The van der Waals surface area contributed by atoms with E-state index in [0.717, 1.165) is 0 Å². The summed E-state index contributed by atoms with van der Waals surface area (Å²) in [6.45, 7) is 0. The van der Waals surface area contributed by atoms with Crippen LogP contribution in [0.5, 0.6) is 0 Å². The zero-order chi connectivity index (χ0) is 4.50. The minimum absolute atomic E-state index is 4.11. The van der Waals surface area contributed by atoms with Crippen molar-refractivity contribution in [1.29, 1.82) is 0 Å². The van der Waals surface area contributed by atoms with E-state index in [1.165, 1.54) is 0 Å². The Morgan fingerprint density at radius 1 is 1.20 bits per heavy atom. The van der Waals surface area contributed by atoms with Gasteiger partial charge in [0.15, 0.2) is 0 Å². The van der Waals surface area contributed by atoms with Gasteiger partial charge in [-0.1, -0.05) is 0 Å². The summed E-state index contributed by atoms with van der Waals surface area (Å²) >= 11 is 0. The molecule has 0 heterocycles. The van der Waals surface area contributed by atoms with Crippen LogP contribution in [0.1, 0.15) is 0 Å². The third-order valence-corrected chi connectivity index (χ3v) is 0. The topological polar surface area (TPSA) is 86.7 Å². The van der Waals surface area contributed by atoms with Crippen molar-refractivity contribution < 1.29 is 14.7 Å². The van der Waals surface area contributed by atoms with Crippen LogP contribution in [0.3, 0.4) is 0 Å². The number of rotatable bonds is 0. The van der Waals surface area contributed by atoms with E-state index < -0.39 is 8.09 Å². The van der Waals surface area contributed by atoms with E-state index in [-0.39, 0.29) is 0 Å². The Morgan fingerprint density at radius 3 is 1.20 bits per heavy atom. The zero-order valence-electron chi connectivity index (χ0n) is 2.42. The Labute approximate surface area is 29.5 Å². The van der Waals surface area contributed by atoms with E-state index in [0.29, 0.717) is 0 Å². The molecule has 0 amide bonds. The number of hydrogen-bond acceptors (Lipinski definition) is 4. The second kappa shape index (κ2) is 1.16. The van der Waals surface area contributed by atoms with Crippen molar-refractivity contribution in [2.24, 2.45) is 5.50 Å². The molecule has 0 aromatic carbocycles. The molecule has 0 unspecified atom stereocenters. The van der Waals surface area contributed by atoms with Crippen LogP contribution in [0.4, 0.5) is 0 Å². The predicted molar refractivity (Wildman–Crippen MR) is 19.2 cm³/mol. The van der Waals surface area contributed by atoms with Gasteiger partial charge < -0.3 is 0 Å². The van der Waals surface area contributed by atoms with Gasteiger partial charge >= 0.3 is 28.3 Å². The van der Waals surface area contributed by atoms with Gasteiger partial charge in [0.1, 0.15) is 0 Å². The molecular weight excluding hydrogens is 93.0 g/mol. The van der Waals surface area contributed by atoms with Crippen LogP contribution >= 0.6 is 8.09 Å². The molecule has 0 saturated carbocycles. The molecule has 0 atom stereocenters. The van der Waals surface area contributed by atoms with Crippen LogP contribution in [0.2, 0.25) is 0 Å². The van der Waals surface area contributed by atoms with Gasteiger partial charge in [-0.2, -0.15) is 0 Å². The van der Waals surface area contributed by atoms with Gasteiger partial charge in [-0.05, 0) is 0 Å². The Balaban J connectivity index is 3.02. The Hall–Kier alpha value is 0.270. The summed E-state index contributed by atoms with van der Waals surface area (Å²) in [4.78, 5) is 22.6. The monoisotopic (exact) mass is 99.0 g/mol. The second-order valence-corrected chi connectivity index (χ2v) is 2.06.